The van der Waals surface area contributed by atoms with E-state index in [1.807, 2.05) is 31.2 Å². The minimum atomic E-state index is -0.945. The predicted molar refractivity (Wildman–Crippen MR) is 105 cm³/mol. The Morgan fingerprint density at radius 3 is 2.46 bits per heavy atom. The van der Waals surface area contributed by atoms with E-state index in [0.29, 0.717) is 22.9 Å². The molecule has 28 heavy (non-hydrogen) atoms. The Labute approximate surface area is 164 Å². The van der Waals surface area contributed by atoms with Crippen LogP contribution in [0, 0.1) is 6.92 Å². The van der Waals surface area contributed by atoms with Crippen LogP contribution in [0.5, 0.6) is 17.2 Å². The lowest BCUT2D eigenvalue weighted by atomic mass is 10.2. The molecular weight excluding hydrogens is 362 g/mol. The molecule has 1 amide bonds. The molecule has 150 valence electrons. The molecule has 0 aliphatic carbocycles. The molecule has 0 saturated heterocycles. The van der Waals surface area contributed by atoms with E-state index >= 15 is 0 Å². The van der Waals surface area contributed by atoms with Crippen LogP contribution in [0.1, 0.15) is 18.9 Å². The van der Waals surface area contributed by atoms with Gasteiger partial charge in [-0.05, 0) is 43.7 Å². The fourth-order valence-corrected chi connectivity index (χ4v) is 2.42. The average Bonchev–Trinajstić information content (AvgIpc) is 2.67. The number of rotatable bonds is 9. The van der Waals surface area contributed by atoms with Crippen LogP contribution >= 0.6 is 0 Å². The first-order valence-corrected chi connectivity index (χ1v) is 8.84. The van der Waals surface area contributed by atoms with Crippen LogP contribution in [0.3, 0.4) is 0 Å². The van der Waals surface area contributed by atoms with E-state index in [-0.39, 0.29) is 13.0 Å². The molecule has 0 bridgehead atoms. The Morgan fingerprint density at radius 1 is 1.04 bits per heavy atom. The smallest absolute Gasteiger partial charge is 0.310 e. The fraction of sp³-hybridized carbons (Fsp3) is 0.333. The van der Waals surface area contributed by atoms with Gasteiger partial charge >= 0.3 is 5.97 Å². The molecule has 0 aliphatic rings. The number of benzene rings is 2. The first-order chi connectivity index (χ1) is 13.4. The van der Waals surface area contributed by atoms with Gasteiger partial charge in [-0.15, -0.1) is 0 Å². The number of carbonyl (C=O) groups excluding carboxylic acids is 2. The Hall–Kier alpha value is -3.22. The molecule has 7 nitrogen and oxygen atoms in total. The number of anilines is 1. The van der Waals surface area contributed by atoms with Gasteiger partial charge in [0.15, 0.2) is 17.6 Å². The lowest BCUT2D eigenvalue weighted by Gasteiger charge is -2.15. The standard InChI is InChI=1S/C21H25NO6/c1-14-6-5-7-17(12-14)27-11-10-20(23)28-15(2)21(24)22-16-8-9-18(25-3)19(13-16)26-4/h5-9,12-13,15H,10-11H2,1-4H3,(H,22,24)/t15-/m1/s1. The number of ether oxygens (including phenoxy) is 4. The highest BCUT2D eigenvalue weighted by Crippen LogP contribution is 2.29. The van der Waals surface area contributed by atoms with Crippen molar-refractivity contribution in [1.82, 2.24) is 0 Å². The van der Waals surface area contributed by atoms with Crippen molar-refractivity contribution >= 4 is 17.6 Å². The summed E-state index contributed by atoms with van der Waals surface area (Å²) in [5.41, 5.74) is 1.58. The van der Waals surface area contributed by atoms with Gasteiger partial charge in [0.25, 0.3) is 5.91 Å². The fourth-order valence-electron chi connectivity index (χ4n) is 2.42. The van der Waals surface area contributed by atoms with E-state index < -0.39 is 18.0 Å². The first-order valence-electron chi connectivity index (χ1n) is 8.84. The summed E-state index contributed by atoms with van der Waals surface area (Å²) < 4.78 is 21.0. The van der Waals surface area contributed by atoms with Crippen molar-refractivity contribution in [1.29, 1.82) is 0 Å². The molecule has 0 aromatic heterocycles. The van der Waals surface area contributed by atoms with Crippen molar-refractivity contribution in [2.45, 2.75) is 26.4 Å². The number of hydrogen-bond acceptors (Lipinski definition) is 6. The summed E-state index contributed by atoms with van der Waals surface area (Å²) in [6, 6.07) is 12.5. The molecule has 0 radical (unpaired) electrons. The lowest BCUT2D eigenvalue weighted by Crippen LogP contribution is -2.30. The summed E-state index contributed by atoms with van der Waals surface area (Å²) in [4.78, 5) is 24.2. The molecule has 0 fully saturated rings. The lowest BCUT2D eigenvalue weighted by molar-refractivity contribution is -0.153. The van der Waals surface area contributed by atoms with Crippen LogP contribution in [-0.2, 0) is 14.3 Å². The first kappa shape index (κ1) is 21.1. The average molecular weight is 387 g/mol. The summed E-state index contributed by atoms with van der Waals surface area (Å²) in [5.74, 6) is 0.765. The van der Waals surface area contributed by atoms with Gasteiger partial charge in [0.2, 0.25) is 0 Å². The zero-order chi connectivity index (χ0) is 20.5. The molecule has 0 saturated carbocycles. The van der Waals surface area contributed by atoms with Crippen molar-refractivity contribution in [3.8, 4) is 17.2 Å². The quantitative estimate of drug-likeness (QED) is 0.665. The second-order valence-electron chi connectivity index (χ2n) is 6.11. The van der Waals surface area contributed by atoms with Crippen LogP contribution in [0.4, 0.5) is 5.69 Å². The van der Waals surface area contributed by atoms with Gasteiger partial charge in [0.1, 0.15) is 5.75 Å². The minimum Gasteiger partial charge on any atom is -0.493 e. The topological polar surface area (TPSA) is 83.1 Å². The molecule has 2 rings (SSSR count). The van der Waals surface area contributed by atoms with E-state index in [1.165, 1.54) is 21.1 Å². The van der Waals surface area contributed by atoms with Crippen molar-refractivity contribution in [2.24, 2.45) is 0 Å². The van der Waals surface area contributed by atoms with Crippen molar-refractivity contribution in [3.05, 3.63) is 48.0 Å². The maximum Gasteiger partial charge on any atom is 0.310 e. The van der Waals surface area contributed by atoms with E-state index in [2.05, 4.69) is 5.32 Å². The molecular formula is C21H25NO6. The largest absolute Gasteiger partial charge is 0.493 e. The second-order valence-corrected chi connectivity index (χ2v) is 6.11. The van der Waals surface area contributed by atoms with Gasteiger partial charge in [-0.25, -0.2) is 0 Å². The zero-order valence-electron chi connectivity index (χ0n) is 16.5. The van der Waals surface area contributed by atoms with Gasteiger partial charge in [0, 0.05) is 11.8 Å². The van der Waals surface area contributed by atoms with E-state index in [4.69, 9.17) is 18.9 Å². The van der Waals surface area contributed by atoms with Crippen molar-refractivity contribution < 1.29 is 28.5 Å². The van der Waals surface area contributed by atoms with Crippen LogP contribution in [0.15, 0.2) is 42.5 Å². The van der Waals surface area contributed by atoms with E-state index in [1.54, 1.807) is 18.2 Å². The summed E-state index contributed by atoms with van der Waals surface area (Å²) >= 11 is 0. The van der Waals surface area contributed by atoms with Gasteiger partial charge in [-0.3, -0.25) is 9.59 Å². The van der Waals surface area contributed by atoms with Gasteiger partial charge < -0.3 is 24.3 Å². The zero-order valence-corrected chi connectivity index (χ0v) is 16.5. The summed E-state index contributed by atoms with van der Waals surface area (Å²) in [5, 5.41) is 2.68. The summed E-state index contributed by atoms with van der Waals surface area (Å²) in [6.45, 7) is 3.64. The van der Waals surface area contributed by atoms with E-state index in [0.717, 1.165) is 5.56 Å². The third-order valence-corrected chi connectivity index (χ3v) is 3.89. The van der Waals surface area contributed by atoms with Crippen LogP contribution in [0.25, 0.3) is 0 Å². The molecule has 1 N–H and O–H groups in total. The predicted octanol–water partition coefficient (Wildman–Crippen LogP) is 3.35. The number of amides is 1. The number of methoxy groups -OCH3 is 2. The Morgan fingerprint density at radius 2 is 1.79 bits per heavy atom. The highest BCUT2D eigenvalue weighted by Gasteiger charge is 2.18. The second kappa shape index (κ2) is 10.2. The third kappa shape index (κ3) is 6.19. The molecule has 2 aromatic rings. The van der Waals surface area contributed by atoms with Crippen LogP contribution in [-0.4, -0.2) is 38.8 Å². The molecule has 7 heteroatoms. The Balaban J connectivity index is 1.80. The van der Waals surface area contributed by atoms with Crippen LogP contribution in [0.2, 0.25) is 0 Å². The third-order valence-electron chi connectivity index (χ3n) is 3.89. The number of aryl methyl sites for hydroxylation is 1. The summed E-state index contributed by atoms with van der Waals surface area (Å²) in [7, 11) is 3.03. The normalized spacial score (nSPS) is 11.3. The SMILES string of the molecule is COc1ccc(NC(=O)[C@@H](C)OC(=O)CCOc2cccc(C)c2)cc1OC. The number of nitrogens with one attached hydrogen (secondary N) is 1. The highest BCUT2D eigenvalue weighted by molar-refractivity contribution is 5.95. The van der Waals surface area contributed by atoms with E-state index in [9.17, 15) is 9.59 Å². The molecule has 0 spiro atoms. The Kier molecular flexibility index (Phi) is 7.68. The maximum atomic E-state index is 12.2. The molecule has 0 unspecified atom stereocenters. The van der Waals surface area contributed by atoms with Crippen molar-refractivity contribution in [3.63, 3.8) is 0 Å². The van der Waals surface area contributed by atoms with Crippen molar-refractivity contribution in [2.75, 3.05) is 26.1 Å². The monoisotopic (exact) mass is 387 g/mol. The van der Waals surface area contributed by atoms with Gasteiger partial charge in [0.05, 0.1) is 27.2 Å². The number of carbonyl (C=O) groups is 2. The molecule has 1 atom stereocenters. The van der Waals surface area contributed by atoms with Gasteiger partial charge in [-0.2, -0.15) is 0 Å². The molecule has 0 aliphatic heterocycles. The Bertz CT molecular complexity index is 820. The molecule has 2 aromatic carbocycles. The summed E-state index contributed by atoms with van der Waals surface area (Å²) in [6.07, 6.45) is -0.901. The number of esters is 1. The van der Waals surface area contributed by atoms with Crippen LogP contribution < -0.4 is 19.5 Å². The number of hydrogen-bond donors (Lipinski definition) is 1. The minimum absolute atomic E-state index is 0.0436. The molecule has 0 heterocycles. The van der Waals surface area contributed by atoms with Gasteiger partial charge in [-0.1, -0.05) is 12.1 Å². The highest BCUT2D eigenvalue weighted by atomic mass is 16.6. The maximum absolute atomic E-state index is 12.2.